The van der Waals surface area contributed by atoms with Crippen molar-refractivity contribution in [2.24, 2.45) is 0 Å². The van der Waals surface area contributed by atoms with E-state index in [1.807, 2.05) is 56.3 Å². The standard InChI is InChI=1S/C27H25N3O3/c1-16-8-10-18(11-9-16)25-24(27(32)30-23-7-3-4-12-28-23)17(2)29-20-14-19(15-21(31)26(20)25)22-6-5-13-33-22/h3-13,19,25,29H,14-15H2,1-2H3,(H,28,30,32)/t19-,25-/m0/s1. The molecular formula is C27H25N3O3. The van der Waals surface area contributed by atoms with Gasteiger partial charge in [-0.25, -0.2) is 4.98 Å². The van der Waals surface area contributed by atoms with E-state index in [4.69, 9.17) is 4.42 Å². The molecule has 2 aliphatic rings. The summed E-state index contributed by atoms with van der Waals surface area (Å²) >= 11 is 0. The number of carbonyl (C=O) groups is 2. The largest absolute Gasteiger partial charge is 0.469 e. The molecule has 2 atom stereocenters. The highest BCUT2D eigenvalue weighted by Crippen LogP contribution is 2.45. The number of benzene rings is 1. The Bertz CT molecular complexity index is 1260. The van der Waals surface area contributed by atoms with Crippen LogP contribution in [0.15, 0.2) is 94.0 Å². The van der Waals surface area contributed by atoms with Crippen molar-refractivity contribution >= 4 is 17.5 Å². The summed E-state index contributed by atoms with van der Waals surface area (Å²) in [4.78, 5) is 31.2. The van der Waals surface area contributed by atoms with Gasteiger partial charge in [-0.15, -0.1) is 0 Å². The fourth-order valence-corrected chi connectivity index (χ4v) is 4.78. The molecule has 0 saturated carbocycles. The average Bonchev–Trinajstić information content (AvgIpc) is 3.34. The molecule has 0 spiro atoms. The molecule has 5 rings (SSSR count). The number of hydrogen-bond donors (Lipinski definition) is 2. The zero-order valence-corrected chi connectivity index (χ0v) is 18.6. The summed E-state index contributed by atoms with van der Waals surface area (Å²) in [6, 6.07) is 17.2. The maximum absolute atomic E-state index is 13.5. The zero-order valence-electron chi connectivity index (χ0n) is 18.6. The molecule has 1 aliphatic carbocycles. The Balaban J connectivity index is 1.57. The topological polar surface area (TPSA) is 84.2 Å². The van der Waals surface area contributed by atoms with E-state index in [2.05, 4.69) is 15.6 Å². The van der Waals surface area contributed by atoms with Gasteiger partial charge in [-0.05, 0) is 50.1 Å². The number of dihydropyridines is 1. The summed E-state index contributed by atoms with van der Waals surface area (Å²) in [6.45, 7) is 3.91. The fourth-order valence-electron chi connectivity index (χ4n) is 4.78. The van der Waals surface area contributed by atoms with Gasteiger partial charge in [0.05, 0.1) is 6.26 Å². The number of rotatable bonds is 4. The van der Waals surface area contributed by atoms with Gasteiger partial charge in [-0.3, -0.25) is 9.59 Å². The first-order valence-electron chi connectivity index (χ1n) is 11.1. The van der Waals surface area contributed by atoms with Gasteiger partial charge in [0.15, 0.2) is 5.78 Å². The van der Waals surface area contributed by atoms with Gasteiger partial charge in [0.25, 0.3) is 5.91 Å². The molecular weight excluding hydrogens is 414 g/mol. The van der Waals surface area contributed by atoms with Crippen molar-refractivity contribution in [1.82, 2.24) is 10.3 Å². The first kappa shape index (κ1) is 20.9. The molecule has 0 fully saturated rings. The monoisotopic (exact) mass is 439 g/mol. The van der Waals surface area contributed by atoms with E-state index in [0.717, 1.165) is 28.3 Å². The van der Waals surface area contributed by atoms with E-state index in [1.54, 1.807) is 24.6 Å². The summed E-state index contributed by atoms with van der Waals surface area (Å²) in [5.41, 5.74) is 4.84. The number of amides is 1. The second-order valence-electron chi connectivity index (χ2n) is 8.61. The van der Waals surface area contributed by atoms with E-state index in [1.165, 1.54) is 0 Å². The van der Waals surface area contributed by atoms with E-state index >= 15 is 0 Å². The molecule has 33 heavy (non-hydrogen) atoms. The predicted octanol–water partition coefficient (Wildman–Crippen LogP) is 4.98. The average molecular weight is 440 g/mol. The molecule has 0 unspecified atom stereocenters. The number of allylic oxidation sites excluding steroid dienone is 3. The highest BCUT2D eigenvalue weighted by molar-refractivity contribution is 6.09. The minimum absolute atomic E-state index is 0.0193. The van der Waals surface area contributed by atoms with Crippen LogP contribution in [-0.2, 0) is 9.59 Å². The Morgan fingerprint density at radius 2 is 1.88 bits per heavy atom. The smallest absolute Gasteiger partial charge is 0.255 e. The van der Waals surface area contributed by atoms with Gasteiger partial charge in [0.1, 0.15) is 11.6 Å². The Morgan fingerprint density at radius 3 is 2.58 bits per heavy atom. The van der Waals surface area contributed by atoms with Crippen LogP contribution in [0.4, 0.5) is 5.82 Å². The quantitative estimate of drug-likeness (QED) is 0.599. The van der Waals surface area contributed by atoms with E-state index in [0.29, 0.717) is 29.8 Å². The van der Waals surface area contributed by atoms with Crippen LogP contribution in [-0.4, -0.2) is 16.7 Å². The number of aryl methyl sites for hydroxylation is 1. The Kier molecular flexibility index (Phi) is 5.42. The number of nitrogens with one attached hydrogen (secondary N) is 2. The molecule has 0 saturated heterocycles. The number of nitrogens with zero attached hydrogens (tertiary/aromatic N) is 1. The van der Waals surface area contributed by atoms with Crippen molar-refractivity contribution in [3.8, 4) is 0 Å². The number of anilines is 1. The van der Waals surface area contributed by atoms with Crippen LogP contribution >= 0.6 is 0 Å². The van der Waals surface area contributed by atoms with E-state index in [-0.39, 0.29) is 17.6 Å². The summed E-state index contributed by atoms with van der Waals surface area (Å²) in [6.07, 6.45) is 4.28. The molecule has 0 bridgehead atoms. The lowest BCUT2D eigenvalue weighted by atomic mass is 9.72. The van der Waals surface area contributed by atoms with E-state index < -0.39 is 5.92 Å². The molecule has 6 heteroatoms. The third kappa shape index (κ3) is 4.00. The van der Waals surface area contributed by atoms with Gasteiger partial charge in [-0.1, -0.05) is 35.9 Å². The first-order valence-corrected chi connectivity index (χ1v) is 11.1. The molecule has 166 valence electrons. The number of furan rings is 1. The van der Waals surface area contributed by atoms with Gasteiger partial charge in [0, 0.05) is 47.0 Å². The normalized spacial score (nSPS) is 20.4. The van der Waals surface area contributed by atoms with Crippen LogP contribution in [0.3, 0.4) is 0 Å². The second kappa shape index (κ2) is 8.54. The van der Waals surface area contributed by atoms with Gasteiger partial charge in [0.2, 0.25) is 0 Å². The Morgan fingerprint density at radius 1 is 1.06 bits per heavy atom. The van der Waals surface area contributed by atoms with Crippen LogP contribution in [0.1, 0.15) is 48.5 Å². The highest BCUT2D eigenvalue weighted by atomic mass is 16.3. The fraction of sp³-hybridized carbons (Fsp3) is 0.222. The zero-order chi connectivity index (χ0) is 22.9. The molecule has 0 radical (unpaired) electrons. The van der Waals surface area contributed by atoms with Crippen molar-refractivity contribution < 1.29 is 14.0 Å². The molecule has 1 aliphatic heterocycles. The maximum Gasteiger partial charge on any atom is 0.255 e. The number of pyridine rings is 1. The lowest BCUT2D eigenvalue weighted by Crippen LogP contribution is -2.37. The highest BCUT2D eigenvalue weighted by Gasteiger charge is 2.41. The molecule has 6 nitrogen and oxygen atoms in total. The van der Waals surface area contributed by atoms with Crippen molar-refractivity contribution in [1.29, 1.82) is 0 Å². The molecule has 3 heterocycles. The number of carbonyl (C=O) groups excluding carboxylic acids is 2. The van der Waals surface area contributed by atoms with Crippen molar-refractivity contribution in [2.45, 2.75) is 38.5 Å². The minimum Gasteiger partial charge on any atom is -0.469 e. The third-order valence-corrected chi connectivity index (χ3v) is 6.33. The molecule has 1 amide bonds. The number of ketones is 1. The van der Waals surface area contributed by atoms with Gasteiger partial charge in [-0.2, -0.15) is 0 Å². The lowest BCUT2D eigenvalue weighted by Gasteiger charge is -2.36. The Hall–Kier alpha value is -3.93. The summed E-state index contributed by atoms with van der Waals surface area (Å²) < 4.78 is 5.59. The third-order valence-electron chi connectivity index (χ3n) is 6.33. The van der Waals surface area contributed by atoms with Crippen LogP contribution in [0.25, 0.3) is 0 Å². The van der Waals surface area contributed by atoms with E-state index in [9.17, 15) is 9.59 Å². The molecule has 1 aromatic carbocycles. The summed E-state index contributed by atoms with van der Waals surface area (Å²) in [5, 5.41) is 6.28. The summed E-state index contributed by atoms with van der Waals surface area (Å²) in [7, 11) is 0. The number of hydrogen-bond acceptors (Lipinski definition) is 5. The number of Topliss-reactive ketones (excluding diaryl/α,β-unsaturated/α-hetero) is 1. The van der Waals surface area contributed by atoms with Crippen LogP contribution in [0.5, 0.6) is 0 Å². The predicted molar refractivity (Wildman–Crippen MR) is 125 cm³/mol. The second-order valence-corrected chi connectivity index (χ2v) is 8.61. The van der Waals surface area contributed by atoms with Crippen molar-refractivity contribution in [3.05, 3.63) is 106 Å². The van der Waals surface area contributed by atoms with Gasteiger partial charge < -0.3 is 15.1 Å². The van der Waals surface area contributed by atoms with Gasteiger partial charge >= 0.3 is 0 Å². The Labute approximate surface area is 192 Å². The first-order chi connectivity index (χ1) is 16.0. The molecule has 3 aromatic rings. The molecule has 2 N–H and O–H groups in total. The van der Waals surface area contributed by atoms with Crippen molar-refractivity contribution in [3.63, 3.8) is 0 Å². The van der Waals surface area contributed by atoms with Crippen LogP contribution in [0, 0.1) is 6.92 Å². The maximum atomic E-state index is 13.5. The lowest BCUT2D eigenvalue weighted by molar-refractivity contribution is -0.116. The van der Waals surface area contributed by atoms with Crippen molar-refractivity contribution in [2.75, 3.05) is 5.32 Å². The SMILES string of the molecule is CC1=C(C(=O)Nc2ccccn2)[C@H](c2ccc(C)cc2)C2=C(C[C@H](c3ccco3)CC2=O)N1. The summed E-state index contributed by atoms with van der Waals surface area (Å²) in [5.74, 6) is 0.579. The van der Waals surface area contributed by atoms with Crippen LogP contribution < -0.4 is 10.6 Å². The molecule has 2 aromatic heterocycles. The minimum atomic E-state index is -0.449. The van der Waals surface area contributed by atoms with Crippen LogP contribution in [0.2, 0.25) is 0 Å². The number of aromatic nitrogens is 1.